The molecular formula is C13H13FN2O3. The number of anilines is 1. The number of rotatable bonds is 3. The molecule has 0 bridgehead atoms. The molecule has 0 radical (unpaired) electrons. The lowest BCUT2D eigenvalue weighted by Crippen LogP contribution is -2.36. The highest BCUT2D eigenvalue weighted by atomic mass is 19.1. The maximum atomic E-state index is 13.5. The van der Waals surface area contributed by atoms with Crippen LogP contribution in [0.1, 0.15) is 17.3 Å². The molecule has 3 N–H and O–H groups in total. The third-order valence-electron chi connectivity index (χ3n) is 3.01. The van der Waals surface area contributed by atoms with Crippen molar-refractivity contribution in [1.82, 2.24) is 5.32 Å². The SMILES string of the molecule is CC(C(=O)Nc1cc(C(=O)O)ccc1F)=C1CNC1. The van der Waals surface area contributed by atoms with Gasteiger partial charge < -0.3 is 15.7 Å². The first kappa shape index (κ1) is 13.2. The molecule has 1 fully saturated rings. The Balaban J connectivity index is 2.21. The fraction of sp³-hybridized carbons (Fsp3) is 0.231. The second-order valence-corrected chi connectivity index (χ2v) is 4.29. The maximum absolute atomic E-state index is 13.5. The normalized spacial score (nSPS) is 13.7. The van der Waals surface area contributed by atoms with Crippen LogP contribution in [-0.2, 0) is 4.79 Å². The fourth-order valence-corrected chi connectivity index (χ4v) is 1.65. The van der Waals surface area contributed by atoms with Crippen LogP contribution in [0.2, 0.25) is 0 Å². The molecule has 0 unspecified atom stereocenters. The van der Waals surface area contributed by atoms with Crippen LogP contribution in [-0.4, -0.2) is 30.1 Å². The summed E-state index contributed by atoms with van der Waals surface area (Å²) in [6.07, 6.45) is 0. The molecule has 5 nitrogen and oxygen atoms in total. The molecule has 100 valence electrons. The van der Waals surface area contributed by atoms with Gasteiger partial charge in [0, 0.05) is 18.7 Å². The predicted molar refractivity (Wildman–Crippen MR) is 67.6 cm³/mol. The lowest BCUT2D eigenvalue weighted by Gasteiger charge is -2.21. The Hall–Kier alpha value is -2.21. The van der Waals surface area contributed by atoms with E-state index in [0.717, 1.165) is 23.8 Å². The van der Waals surface area contributed by atoms with Gasteiger partial charge in [0.05, 0.1) is 11.3 Å². The Kier molecular flexibility index (Phi) is 3.62. The average molecular weight is 264 g/mol. The van der Waals surface area contributed by atoms with Crippen LogP contribution in [0.3, 0.4) is 0 Å². The van der Waals surface area contributed by atoms with E-state index in [2.05, 4.69) is 10.6 Å². The van der Waals surface area contributed by atoms with Gasteiger partial charge in [0.1, 0.15) is 5.82 Å². The number of hydrogen-bond donors (Lipinski definition) is 3. The fourth-order valence-electron chi connectivity index (χ4n) is 1.65. The van der Waals surface area contributed by atoms with E-state index in [1.165, 1.54) is 0 Å². The number of amides is 1. The molecule has 1 amide bonds. The summed E-state index contributed by atoms with van der Waals surface area (Å²) in [6, 6.07) is 3.27. The highest BCUT2D eigenvalue weighted by molar-refractivity contribution is 6.04. The Morgan fingerprint density at radius 1 is 1.37 bits per heavy atom. The number of carboxylic acid groups (broad SMARTS) is 1. The van der Waals surface area contributed by atoms with E-state index >= 15 is 0 Å². The van der Waals surface area contributed by atoms with Gasteiger partial charge in [-0.15, -0.1) is 0 Å². The highest BCUT2D eigenvalue weighted by Crippen LogP contribution is 2.18. The van der Waals surface area contributed by atoms with E-state index < -0.39 is 17.7 Å². The number of aromatic carboxylic acids is 1. The summed E-state index contributed by atoms with van der Waals surface area (Å²) in [7, 11) is 0. The van der Waals surface area contributed by atoms with Gasteiger partial charge in [-0.3, -0.25) is 4.79 Å². The number of benzene rings is 1. The van der Waals surface area contributed by atoms with E-state index in [-0.39, 0.29) is 11.3 Å². The molecule has 1 saturated heterocycles. The number of halogens is 1. The van der Waals surface area contributed by atoms with Gasteiger partial charge in [-0.2, -0.15) is 0 Å². The van der Waals surface area contributed by atoms with Crippen molar-refractivity contribution in [2.75, 3.05) is 18.4 Å². The first-order valence-corrected chi connectivity index (χ1v) is 5.72. The molecular weight excluding hydrogens is 251 g/mol. The first-order chi connectivity index (χ1) is 8.99. The van der Waals surface area contributed by atoms with Crippen LogP contribution in [0.15, 0.2) is 29.3 Å². The van der Waals surface area contributed by atoms with Crippen molar-refractivity contribution < 1.29 is 19.1 Å². The second kappa shape index (κ2) is 5.19. The third kappa shape index (κ3) is 2.79. The summed E-state index contributed by atoms with van der Waals surface area (Å²) in [5.74, 6) is -2.26. The Morgan fingerprint density at radius 3 is 2.58 bits per heavy atom. The van der Waals surface area contributed by atoms with Crippen molar-refractivity contribution in [2.45, 2.75) is 6.92 Å². The van der Waals surface area contributed by atoms with Crippen LogP contribution in [0.4, 0.5) is 10.1 Å². The van der Waals surface area contributed by atoms with E-state index in [0.29, 0.717) is 18.7 Å². The number of nitrogens with one attached hydrogen (secondary N) is 2. The Bertz CT molecular complexity index is 575. The molecule has 2 rings (SSSR count). The minimum atomic E-state index is -1.17. The molecule has 19 heavy (non-hydrogen) atoms. The van der Waals surface area contributed by atoms with Crippen LogP contribution < -0.4 is 10.6 Å². The molecule has 0 aliphatic carbocycles. The third-order valence-corrected chi connectivity index (χ3v) is 3.01. The zero-order valence-corrected chi connectivity index (χ0v) is 10.3. The minimum Gasteiger partial charge on any atom is -0.478 e. The molecule has 1 aromatic rings. The van der Waals surface area contributed by atoms with Gasteiger partial charge in [-0.25, -0.2) is 9.18 Å². The molecule has 0 aromatic heterocycles. The minimum absolute atomic E-state index is 0.0766. The average Bonchev–Trinajstić information content (AvgIpc) is 2.29. The summed E-state index contributed by atoms with van der Waals surface area (Å²) in [4.78, 5) is 22.7. The van der Waals surface area contributed by atoms with Gasteiger partial charge >= 0.3 is 5.97 Å². The summed E-state index contributed by atoms with van der Waals surface area (Å²) < 4.78 is 13.5. The van der Waals surface area contributed by atoms with Gasteiger partial charge in [0.25, 0.3) is 5.91 Å². The van der Waals surface area contributed by atoms with Crippen molar-refractivity contribution in [3.05, 3.63) is 40.7 Å². The van der Waals surface area contributed by atoms with E-state index in [1.807, 2.05) is 0 Å². The van der Waals surface area contributed by atoms with Crippen molar-refractivity contribution >= 4 is 17.6 Å². The smallest absolute Gasteiger partial charge is 0.335 e. The maximum Gasteiger partial charge on any atom is 0.335 e. The molecule has 0 atom stereocenters. The van der Waals surface area contributed by atoms with E-state index in [1.54, 1.807) is 6.92 Å². The quantitative estimate of drug-likeness (QED) is 0.721. The lowest BCUT2D eigenvalue weighted by molar-refractivity contribution is -0.112. The van der Waals surface area contributed by atoms with Crippen molar-refractivity contribution in [3.8, 4) is 0 Å². The molecule has 1 aliphatic rings. The van der Waals surface area contributed by atoms with Crippen LogP contribution in [0.25, 0.3) is 0 Å². The lowest BCUT2D eigenvalue weighted by atomic mass is 10.0. The number of carbonyl (C=O) groups excluding carboxylic acids is 1. The zero-order chi connectivity index (χ0) is 14.0. The summed E-state index contributed by atoms with van der Waals surface area (Å²) >= 11 is 0. The van der Waals surface area contributed by atoms with Gasteiger partial charge in [0.15, 0.2) is 0 Å². The summed E-state index contributed by atoms with van der Waals surface area (Å²) in [6.45, 7) is 2.96. The highest BCUT2D eigenvalue weighted by Gasteiger charge is 2.17. The molecule has 0 spiro atoms. The molecule has 6 heteroatoms. The van der Waals surface area contributed by atoms with Crippen molar-refractivity contribution in [3.63, 3.8) is 0 Å². The number of carbonyl (C=O) groups is 2. The second-order valence-electron chi connectivity index (χ2n) is 4.29. The van der Waals surface area contributed by atoms with Crippen LogP contribution in [0, 0.1) is 5.82 Å². The molecule has 1 aliphatic heterocycles. The van der Waals surface area contributed by atoms with E-state index in [9.17, 15) is 14.0 Å². The summed E-state index contributed by atoms with van der Waals surface area (Å²) in [5, 5.41) is 14.2. The molecule has 0 saturated carbocycles. The Morgan fingerprint density at radius 2 is 2.05 bits per heavy atom. The Labute approximate surface area is 109 Å². The number of carboxylic acids is 1. The van der Waals surface area contributed by atoms with Gasteiger partial charge in [-0.1, -0.05) is 0 Å². The van der Waals surface area contributed by atoms with Gasteiger partial charge in [-0.05, 0) is 30.7 Å². The number of hydrogen-bond acceptors (Lipinski definition) is 3. The zero-order valence-electron chi connectivity index (χ0n) is 10.3. The molecule has 1 aromatic carbocycles. The predicted octanol–water partition coefficient (Wildman–Crippen LogP) is 1.38. The monoisotopic (exact) mass is 264 g/mol. The summed E-state index contributed by atoms with van der Waals surface area (Å²) in [5.41, 5.74) is 1.29. The van der Waals surface area contributed by atoms with Crippen LogP contribution >= 0.6 is 0 Å². The first-order valence-electron chi connectivity index (χ1n) is 5.72. The largest absolute Gasteiger partial charge is 0.478 e. The van der Waals surface area contributed by atoms with E-state index in [4.69, 9.17) is 5.11 Å². The standard InChI is InChI=1S/C13H13FN2O3/c1-7(9-5-15-6-9)12(17)16-11-4-8(13(18)19)2-3-10(11)14/h2-4,15H,5-6H2,1H3,(H,16,17)(H,18,19). The van der Waals surface area contributed by atoms with Crippen LogP contribution in [0.5, 0.6) is 0 Å². The van der Waals surface area contributed by atoms with Gasteiger partial charge in [0.2, 0.25) is 0 Å². The topological polar surface area (TPSA) is 78.4 Å². The molecule has 1 heterocycles. The van der Waals surface area contributed by atoms with Crippen molar-refractivity contribution in [1.29, 1.82) is 0 Å². The van der Waals surface area contributed by atoms with Crippen molar-refractivity contribution in [2.24, 2.45) is 0 Å².